The molecule has 1 fully saturated rings. The lowest BCUT2D eigenvalue weighted by Crippen LogP contribution is -2.33. The third kappa shape index (κ3) is 4.58. The lowest BCUT2D eigenvalue weighted by Gasteiger charge is -2.27. The molecule has 176 valence electrons. The highest BCUT2D eigenvalue weighted by molar-refractivity contribution is 7.90. The van der Waals surface area contributed by atoms with Gasteiger partial charge in [-0.05, 0) is 75.3 Å². The molecule has 34 heavy (non-hydrogen) atoms. The van der Waals surface area contributed by atoms with Crippen LogP contribution in [0, 0.1) is 11.3 Å². The predicted octanol–water partition coefficient (Wildman–Crippen LogP) is 4.99. The van der Waals surface area contributed by atoms with Crippen LogP contribution in [0.5, 0.6) is 5.75 Å². The molecule has 0 aliphatic heterocycles. The molecule has 2 aromatic carbocycles. The van der Waals surface area contributed by atoms with E-state index in [4.69, 9.17) is 4.74 Å². The Morgan fingerprint density at radius 3 is 2.68 bits per heavy atom. The lowest BCUT2D eigenvalue weighted by atomic mass is 9.85. The summed E-state index contributed by atoms with van der Waals surface area (Å²) in [4.78, 5) is 0. The third-order valence-corrected chi connectivity index (χ3v) is 9.11. The number of nitrogens with one attached hydrogen (secondary N) is 1. The maximum absolute atomic E-state index is 12.6. The molecular formula is C25H26N4O3S2. The molecule has 0 bridgehead atoms. The van der Waals surface area contributed by atoms with Crippen LogP contribution in [0.15, 0.2) is 36.4 Å². The first-order valence-corrected chi connectivity index (χ1v) is 13.9. The van der Waals surface area contributed by atoms with Crippen LogP contribution in [0.4, 0.5) is 0 Å². The SMILES string of the molecule is CC(C)Oc1ccc(-c2nnc(-c3cccc4c3CCC[C@H]4NS(=O)(=O)C3CC3)s2)cc1C#N. The maximum Gasteiger partial charge on any atom is 0.215 e. The molecule has 3 aromatic rings. The van der Waals surface area contributed by atoms with Crippen LogP contribution >= 0.6 is 11.3 Å². The summed E-state index contributed by atoms with van der Waals surface area (Å²) in [5, 5.41) is 19.7. The fourth-order valence-corrected chi connectivity index (χ4v) is 6.88. The van der Waals surface area contributed by atoms with Crippen LogP contribution in [0.2, 0.25) is 0 Å². The van der Waals surface area contributed by atoms with Gasteiger partial charge in [-0.3, -0.25) is 0 Å². The predicted molar refractivity (Wildman–Crippen MR) is 132 cm³/mol. The number of aromatic nitrogens is 2. The molecule has 1 saturated carbocycles. The Labute approximate surface area is 203 Å². The Hall–Kier alpha value is -2.80. The second-order valence-electron chi connectivity index (χ2n) is 9.08. The van der Waals surface area contributed by atoms with Gasteiger partial charge in [0.15, 0.2) is 0 Å². The number of benzene rings is 2. The highest BCUT2D eigenvalue weighted by Gasteiger charge is 2.38. The number of fused-ring (bicyclic) bond motifs is 1. The van der Waals surface area contributed by atoms with Crippen molar-refractivity contribution in [2.24, 2.45) is 0 Å². The van der Waals surface area contributed by atoms with Gasteiger partial charge < -0.3 is 4.74 Å². The molecule has 0 unspecified atom stereocenters. The van der Waals surface area contributed by atoms with E-state index in [9.17, 15) is 13.7 Å². The zero-order chi connectivity index (χ0) is 23.9. The number of ether oxygens (including phenoxy) is 1. The van der Waals surface area contributed by atoms with Crippen molar-refractivity contribution < 1.29 is 13.2 Å². The number of nitriles is 1. The zero-order valence-electron chi connectivity index (χ0n) is 19.1. The topological polar surface area (TPSA) is 105 Å². The molecule has 0 saturated heterocycles. The number of nitrogens with zero attached hydrogens (tertiary/aromatic N) is 3. The molecule has 7 nitrogen and oxygen atoms in total. The van der Waals surface area contributed by atoms with E-state index >= 15 is 0 Å². The number of hydrogen-bond acceptors (Lipinski definition) is 7. The molecule has 1 aromatic heterocycles. The summed E-state index contributed by atoms with van der Waals surface area (Å²) in [5.74, 6) is 0.558. The van der Waals surface area contributed by atoms with Crippen molar-refractivity contribution in [3.63, 3.8) is 0 Å². The third-order valence-electron chi connectivity index (χ3n) is 6.14. The van der Waals surface area contributed by atoms with Gasteiger partial charge in [0.25, 0.3) is 0 Å². The Morgan fingerprint density at radius 2 is 1.94 bits per heavy atom. The van der Waals surface area contributed by atoms with Crippen LogP contribution in [-0.4, -0.2) is 30.0 Å². The quantitative estimate of drug-likeness (QED) is 0.496. The minimum Gasteiger partial charge on any atom is -0.490 e. The summed E-state index contributed by atoms with van der Waals surface area (Å²) in [5.41, 5.74) is 4.45. The highest BCUT2D eigenvalue weighted by atomic mass is 32.2. The zero-order valence-corrected chi connectivity index (χ0v) is 20.7. The number of sulfonamides is 1. The Kier molecular flexibility index (Phi) is 6.15. The van der Waals surface area contributed by atoms with E-state index in [1.807, 2.05) is 38.1 Å². The summed E-state index contributed by atoms with van der Waals surface area (Å²) in [6.07, 6.45) is 4.07. The maximum atomic E-state index is 12.6. The van der Waals surface area contributed by atoms with Crippen molar-refractivity contribution in [3.05, 3.63) is 53.1 Å². The molecule has 5 rings (SSSR count). The van der Waals surface area contributed by atoms with Gasteiger partial charge in [-0.15, -0.1) is 10.2 Å². The van der Waals surface area contributed by atoms with Gasteiger partial charge in [0.1, 0.15) is 21.8 Å². The van der Waals surface area contributed by atoms with Crippen molar-refractivity contribution in [3.8, 4) is 33.0 Å². The van der Waals surface area contributed by atoms with Gasteiger partial charge in [0.05, 0.1) is 16.9 Å². The Morgan fingerprint density at radius 1 is 1.15 bits per heavy atom. The van der Waals surface area contributed by atoms with E-state index in [1.165, 1.54) is 11.3 Å². The van der Waals surface area contributed by atoms with E-state index in [0.29, 0.717) is 11.3 Å². The molecule has 1 atom stereocenters. The van der Waals surface area contributed by atoms with Gasteiger partial charge in [-0.1, -0.05) is 29.5 Å². The normalized spacial score (nSPS) is 17.9. The van der Waals surface area contributed by atoms with E-state index in [1.54, 1.807) is 12.1 Å². The molecular weight excluding hydrogens is 468 g/mol. The van der Waals surface area contributed by atoms with Crippen molar-refractivity contribution >= 4 is 21.4 Å². The second kappa shape index (κ2) is 9.10. The van der Waals surface area contributed by atoms with Crippen LogP contribution in [-0.2, 0) is 16.4 Å². The van der Waals surface area contributed by atoms with Crippen LogP contribution in [0.3, 0.4) is 0 Å². The number of hydrogen-bond donors (Lipinski definition) is 1. The summed E-state index contributed by atoms with van der Waals surface area (Å²) >= 11 is 1.47. The minimum atomic E-state index is -3.27. The molecule has 2 aliphatic carbocycles. The first-order valence-electron chi connectivity index (χ1n) is 11.5. The van der Waals surface area contributed by atoms with Crippen LogP contribution in [0.1, 0.15) is 62.3 Å². The smallest absolute Gasteiger partial charge is 0.215 e. The molecule has 1 heterocycles. The van der Waals surface area contributed by atoms with Crippen molar-refractivity contribution in [2.75, 3.05) is 0 Å². The van der Waals surface area contributed by atoms with Gasteiger partial charge >= 0.3 is 0 Å². The lowest BCUT2D eigenvalue weighted by molar-refractivity contribution is 0.242. The second-order valence-corrected chi connectivity index (χ2v) is 12.1. The van der Waals surface area contributed by atoms with Crippen molar-refractivity contribution in [1.29, 1.82) is 5.26 Å². The molecule has 1 N–H and O–H groups in total. The summed E-state index contributed by atoms with van der Waals surface area (Å²) in [6.45, 7) is 3.85. The fraction of sp³-hybridized carbons (Fsp3) is 0.400. The summed E-state index contributed by atoms with van der Waals surface area (Å²) in [6, 6.07) is 13.5. The molecule has 0 amide bonds. The van der Waals surface area contributed by atoms with Crippen molar-refractivity contribution in [1.82, 2.24) is 14.9 Å². The van der Waals surface area contributed by atoms with E-state index < -0.39 is 10.0 Å². The fourth-order valence-electron chi connectivity index (χ4n) is 4.40. The summed E-state index contributed by atoms with van der Waals surface area (Å²) in [7, 11) is -3.27. The van der Waals surface area contributed by atoms with Gasteiger partial charge in [0.2, 0.25) is 10.0 Å². The number of rotatable bonds is 7. The van der Waals surface area contributed by atoms with Crippen LogP contribution in [0.25, 0.3) is 21.1 Å². The highest BCUT2D eigenvalue weighted by Crippen LogP contribution is 2.40. The average molecular weight is 495 g/mol. The molecule has 0 spiro atoms. The van der Waals surface area contributed by atoms with E-state index in [-0.39, 0.29) is 17.4 Å². The minimum absolute atomic E-state index is 0.0204. The Bertz CT molecular complexity index is 1370. The monoisotopic (exact) mass is 494 g/mol. The Balaban J connectivity index is 1.45. The largest absolute Gasteiger partial charge is 0.490 e. The average Bonchev–Trinajstić information content (AvgIpc) is 3.57. The van der Waals surface area contributed by atoms with Crippen LogP contribution < -0.4 is 9.46 Å². The van der Waals surface area contributed by atoms with Gasteiger partial charge in [0, 0.05) is 17.2 Å². The first-order chi connectivity index (χ1) is 16.4. The molecule has 2 aliphatic rings. The molecule has 9 heteroatoms. The van der Waals surface area contributed by atoms with E-state index in [0.717, 1.165) is 64.4 Å². The standard InChI is InChI=1S/C25H26N4O3S2/c1-15(2)32-23-12-9-16(13-17(23)14-26)24-27-28-25(33-24)21-7-3-6-20-19(21)5-4-8-22(20)29-34(30,31)18-10-11-18/h3,6-7,9,12-13,15,18,22,29H,4-5,8,10-11H2,1-2H3/t22-/m1/s1. The van der Waals surface area contributed by atoms with Gasteiger partial charge in [-0.2, -0.15) is 5.26 Å². The molecule has 0 radical (unpaired) electrons. The first kappa shape index (κ1) is 23.0. The van der Waals surface area contributed by atoms with Gasteiger partial charge in [-0.25, -0.2) is 13.1 Å². The summed E-state index contributed by atoms with van der Waals surface area (Å²) < 4.78 is 33.8. The van der Waals surface area contributed by atoms with E-state index in [2.05, 4.69) is 21.0 Å². The van der Waals surface area contributed by atoms with Crippen molar-refractivity contribution in [2.45, 2.75) is 63.3 Å².